The summed E-state index contributed by atoms with van der Waals surface area (Å²) in [7, 11) is 0. The summed E-state index contributed by atoms with van der Waals surface area (Å²) in [6, 6.07) is 7.79. The summed E-state index contributed by atoms with van der Waals surface area (Å²) in [5.41, 5.74) is 1.21. The van der Waals surface area contributed by atoms with Gasteiger partial charge in [0.15, 0.2) is 0 Å². The fourth-order valence-corrected chi connectivity index (χ4v) is 3.02. The Morgan fingerprint density at radius 2 is 1.65 bits per heavy atom. The summed E-state index contributed by atoms with van der Waals surface area (Å²) in [6.45, 7) is 13.0. The number of carbonyl (C=O) groups is 1. The van der Waals surface area contributed by atoms with Gasteiger partial charge in [0, 0.05) is 32.7 Å². The number of benzene rings is 1. The van der Waals surface area contributed by atoms with E-state index in [4.69, 9.17) is 4.74 Å². The zero-order valence-electron chi connectivity index (χ0n) is 16.3. The van der Waals surface area contributed by atoms with Crippen molar-refractivity contribution in [3.63, 3.8) is 0 Å². The van der Waals surface area contributed by atoms with E-state index in [0.717, 1.165) is 38.2 Å². The number of ether oxygens (including phenoxy) is 1. The van der Waals surface area contributed by atoms with Crippen LogP contribution >= 0.6 is 0 Å². The SMILES string of the molecule is CCN1CCN(CCCCNC(=O)NCCOc2ccc(C)cc2)CC1. The molecule has 0 bridgehead atoms. The van der Waals surface area contributed by atoms with Crippen LogP contribution in [0.2, 0.25) is 0 Å². The lowest BCUT2D eigenvalue weighted by Crippen LogP contribution is -2.46. The Morgan fingerprint density at radius 3 is 2.35 bits per heavy atom. The molecular weight excluding hydrogens is 328 g/mol. The van der Waals surface area contributed by atoms with Gasteiger partial charge >= 0.3 is 6.03 Å². The normalized spacial score (nSPS) is 15.6. The van der Waals surface area contributed by atoms with Gasteiger partial charge in [0.25, 0.3) is 0 Å². The van der Waals surface area contributed by atoms with Crippen LogP contribution in [0, 0.1) is 6.92 Å². The van der Waals surface area contributed by atoms with Crippen LogP contribution in [0.4, 0.5) is 4.79 Å². The largest absolute Gasteiger partial charge is 0.492 e. The molecule has 0 spiro atoms. The van der Waals surface area contributed by atoms with Crippen molar-refractivity contribution in [2.75, 3.05) is 59.0 Å². The van der Waals surface area contributed by atoms with Crippen LogP contribution in [0.5, 0.6) is 5.75 Å². The van der Waals surface area contributed by atoms with E-state index in [-0.39, 0.29) is 6.03 Å². The highest BCUT2D eigenvalue weighted by Crippen LogP contribution is 2.10. The van der Waals surface area contributed by atoms with Crippen molar-refractivity contribution < 1.29 is 9.53 Å². The Labute approximate surface area is 157 Å². The van der Waals surface area contributed by atoms with Crippen LogP contribution in [0.25, 0.3) is 0 Å². The second-order valence-corrected chi connectivity index (χ2v) is 6.83. The Bertz CT molecular complexity index is 513. The molecule has 1 fully saturated rings. The minimum atomic E-state index is -0.117. The number of aryl methyl sites for hydroxylation is 1. The molecule has 2 amide bonds. The van der Waals surface area contributed by atoms with Gasteiger partial charge in [0.2, 0.25) is 0 Å². The van der Waals surface area contributed by atoms with Crippen LogP contribution in [-0.4, -0.2) is 74.8 Å². The Morgan fingerprint density at radius 1 is 1.00 bits per heavy atom. The average molecular weight is 363 g/mol. The van der Waals surface area contributed by atoms with Gasteiger partial charge in [0.1, 0.15) is 12.4 Å². The van der Waals surface area contributed by atoms with E-state index in [2.05, 4.69) is 27.4 Å². The lowest BCUT2D eigenvalue weighted by Gasteiger charge is -2.33. The number of rotatable bonds is 10. The van der Waals surface area contributed by atoms with Crippen molar-refractivity contribution in [2.45, 2.75) is 26.7 Å². The van der Waals surface area contributed by atoms with Crippen LogP contribution < -0.4 is 15.4 Å². The Kier molecular flexibility index (Phi) is 9.28. The fraction of sp³-hybridized carbons (Fsp3) is 0.650. The fourth-order valence-electron chi connectivity index (χ4n) is 3.02. The average Bonchev–Trinajstić information content (AvgIpc) is 2.67. The first-order valence-electron chi connectivity index (χ1n) is 9.83. The van der Waals surface area contributed by atoms with Gasteiger partial charge in [0.05, 0.1) is 6.54 Å². The second-order valence-electron chi connectivity index (χ2n) is 6.83. The molecule has 1 aromatic carbocycles. The topological polar surface area (TPSA) is 56.8 Å². The van der Waals surface area contributed by atoms with Crippen LogP contribution in [0.15, 0.2) is 24.3 Å². The maximum Gasteiger partial charge on any atom is 0.314 e. The van der Waals surface area contributed by atoms with E-state index in [0.29, 0.717) is 13.2 Å². The van der Waals surface area contributed by atoms with Gasteiger partial charge in [-0.1, -0.05) is 24.6 Å². The van der Waals surface area contributed by atoms with E-state index in [1.807, 2.05) is 31.2 Å². The van der Waals surface area contributed by atoms with Crippen LogP contribution in [0.3, 0.4) is 0 Å². The first-order valence-corrected chi connectivity index (χ1v) is 9.83. The number of hydrogen-bond acceptors (Lipinski definition) is 4. The van der Waals surface area contributed by atoms with Crippen molar-refractivity contribution in [1.82, 2.24) is 20.4 Å². The molecule has 1 aromatic rings. The molecule has 1 saturated heterocycles. The number of urea groups is 1. The van der Waals surface area contributed by atoms with Crippen molar-refractivity contribution >= 4 is 6.03 Å². The number of piperazine rings is 1. The molecule has 0 aromatic heterocycles. The van der Waals surface area contributed by atoms with Crippen LogP contribution in [0.1, 0.15) is 25.3 Å². The Balaban J connectivity index is 1.42. The van der Waals surface area contributed by atoms with Gasteiger partial charge in [-0.05, 0) is 45.0 Å². The third kappa shape index (κ3) is 8.06. The van der Waals surface area contributed by atoms with E-state index in [1.165, 1.54) is 31.7 Å². The van der Waals surface area contributed by atoms with E-state index < -0.39 is 0 Å². The van der Waals surface area contributed by atoms with E-state index in [1.54, 1.807) is 0 Å². The zero-order valence-corrected chi connectivity index (χ0v) is 16.3. The number of unbranched alkanes of at least 4 members (excludes halogenated alkanes) is 1. The molecule has 2 rings (SSSR count). The Hall–Kier alpha value is -1.79. The molecule has 1 aliphatic heterocycles. The molecule has 0 unspecified atom stereocenters. The predicted molar refractivity (Wildman–Crippen MR) is 106 cm³/mol. The summed E-state index contributed by atoms with van der Waals surface area (Å²) in [5.74, 6) is 0.831. The molecule has 1 heterocycles. The number of likely N-dealkylation sites (N-methyl/N-ethyl adjacent to an activating group) is 1. The molecule has 1 aliphatic rings. The number of hydrogen-bond donors (Lipinski definition) is 2. The molecule has 0 saturated carbocycles. The number of amides is 2. The summed E-state index contributed by atoms with van der Waals surface area (Å²) >= 11 is 0. The minimum Gasteiger partial charge on any atom is -0.492 e. The molecule has 0 aliphatic carbocycles. The molecule has 2 N–H and O–H groups in total. The van der Waals surface area contributed by atoms with Crippen molar-refractivity contribution in [2.24, 2.45) is 0 Å². The summed E-state index contributed by atoms with van der Waals surface area (Å²) in [5, 5.41) is 5.74. The monoisotopic (exact) mass is 362 g/mol. The first kappa shape index (κ1) is 20.5. The van der Waals surface area contributed by atoms with Gasteiger partial charge < -0.3 is 25.2 Å². The predicted octanol–water partition coefficient (Wildman–Crippen LogP) is 2.09. The molecule has 6 heteroatoms. The molecule has 6 nitrogen and oxygen atoms in total. The van der Waals surface area contributed by atoms with Crippen molar-refractivity contribution in [3.8, 4) is 5.75 Å². The van der Waals surface area contributed by atoms with E-state index in [9.17, 15) is 4.79 Å². The quantitative estimate of drug-likeness (QED) is 0.626. The highest BCUT2D eigenvalue weighted by atomic mass is 16.5. The maximum absolute atomic E-state index is 11.7. The molecule has 26 heavy (non-hydrogen) atoms. The molecule has 146 valence electrons. The number of nitrogens with one attached hydrogen (secondary N) is 2. The molecule has 0 radical (unpaired) electrons. The maximum atomic E-state index is 11.7. The standard InChI is InChI=1S/C20H34N4O2/c1-3-23-13-15-24(16-14-23)12-5-4-10-21-20(25)22-11-17-26-19-8-6-18(2)7-9-19/h6-9H,3-5,10-17H2,1-2H3,(H2,21,22,25). The van der Waals surface area contributed by atoms with Crippen molar-refractivity contribution in [3.05, 3.63) is 29.8 Å². The number of nitrogens with zero attached hydrogens (tertiary/aromatic N) is 2. The lowest BCUT2D eigenvalue weighted by atomic mass is 10.2. The molecular formula is C20H34N4O2. The summed E-state index contributed by atoms with van der Waals surface area (Å²) < 4.78 is 5.59. The highest BCUT2D eigenvalue weighted by Gasteiger charge is 2.14. The smallest absolute Gasteiger partial charge is 0.314 e. The van der Waals surface area contributed by atoms with Crippen molar-refractivity contribution in [1.29, 1.82) is 0 Å². The van der Waals surface area contributed by atoms with Gasteiger partial charge in [-0.3, -0.25) is 0 Å². The molecule has 0 atom stereocenters. The van der Waals surface area contributed by atoms with Gasteiger partial charge in [-0.25, -0.2) is 4.79 Å². The van der Waals surface area contributed by atoms with Crippen LogP contribution in [-0.2, 0) is 0 Å². The number of carbonyl (C=O) groups excluding carboxylic acids is 1. The summed E-state index contributed by atoms with van der Waals surface area (Å²) in [4.78, 5) is 16.8. The van der Waals surface area contributed by atoms with E-state index >= 15 is 0 Å². The third-order valence-corrected chi connectivity index (χ3v) is 4.78. The lowest BCUT2D eigenvalue weighted by molar-refractivity contribution is 0.135. The van der Waals surface area contributed by atoms with Gasteiger partial charge in [-0.2, -0.15) is 0 Å². The minimum absolute atomic E-state index is 0.117. The van der Waals surface area contributed by atoms with Gasteiger partial charge in [-0.15, -0.1) is 0 Å². The second kappa shape index (κ2) is 11.8. The first-order chi connectivity index (χ1) is 12.7. The summed E-state index contributed by atoms with van der Waals surface area (Å²) in [6.07, 6.45) is 2.14. The zero-order chi connectivity index (χ0) is 18.6. The third-order valence-electron chi connectivity index (χ3n) is 4.78. The highest BCUT2D eigenvalue weighted by molar-refractivity contribution is 5.73.